The number of rotatable bonds is 4. The van der Waals surface area contributed by atoms with Crippen molar-refractivity contribution in [3.8, 4) is 33.5 Å². The number of aromatic nitrogens is 3. The van der Waals surface area contributed by atoms with Crippen molar-refractivity contribution in [2.45, 2.75) is 33.2 Å². The summed E-state index contributed by atoms with van der Waals surface area (Å²) < 4.78 is 5.44. The number of hydrogen-bond donors (Lipinski definition) is 2. The van der Waals surface area contributed by atoms with Crippen LogP contribution in [0.2, 0.25) is 0 Å². The molecule has 1 aliphatic rings. The van der Waals surface area contributed by atoms with Gasteiger partial charge in [-0.3, -0.25) is 14.8 Å². The molecule has 0 saturated heterocycles. The third-order valence-corrected chi connectivity index (χ3v) is 6.94. The minimum absolute atomic E-state index is 0. The van der Waals surface area contributed by atoms with Crippen LogP contribution in [0.3, 0.4) is 0 Å². The summed E-state index contributed by atoms with van der Waals surface area (Å²) in [4.78, 5) is 32.4. The van der Waals surface area contributed by atoms with Gasteiger partial charge in [0.2, 0.25) is 5.91 Å². The van der Waals surface area contributed by atoms with E-state index in [0.717, 1.165) is 44.4 Å². The Labute approximate surface area is 242 Å². The number of fused-ring (bicyclic) bond motifs is 2. The van der Waals surface area contributed by atoms with E-state index in [0.29, 0.717) is 29.1 Å². The van der Waals surface area contributed by atoms with Crippen LogP contribution in [0.4, 0.5) is 11.4 Å². The first-order valence-electron chi connectivity index (χ1n) is 12.5. The fourth-order valence-corrected chi connectivity index (χ4v) is 5.16. The molecule has 2 N–H and O–H groups in total. The predicted octanol–water partition coefficient (Wildman–Crippen LogP) is 1.75. The van der Waals surface area contributed by atoms with E-state index in [2.05, 4.69) is 31.8 Å². The van der Waals surface area contributed by atoms with Gasteiger partial charge in [0.25, 0.3) is 0 Å². The zero-order valence-electron chi connectivity index (χ0n) is 22.5. The van der Waals surface area contributed by atoms with Gasteiger partial charge in [-0.25, -0.2) is 0 Å². The molecule has 10 heteroatoms. The Kier molecular flexibility index (Phi) is 7.19. The quantitative estimate of drug-likeness (QED) is 0.339. The molecular formula is C30H24LiN5O4. The van der Waals surface area contributed by atoms with Gasteiger partial charge in [-0.05, 0) is 67.6 Å². The molecular weight excluding hydrogens is 501 g/mol. The molecule has 5 aromatic rings. The molecule has 9 nitrogen and oxygen atoms in total. The van der Waals surface area contributed by atoms with Crippen molar-refractivity contribution >= 4 is 34.0 Å². The number of carbonyl (C=O) groups excluding carboxylic acids is 2. The SMILES string of the molecule is Cc1noc(C)c1-c1cc2c(c(-c3cccc4cc(-c5ccc(C(=O)[O-])nc5)ncc34)c1)N[C@H](C)CC(=O)N2.[Li+]. The summed E-state index contributed by atoms with van der Waals surface area (Å²) >= 11 is 0. The molecule has 3 aromatic heterocycles. The summed E-state index contributed by atoms with van der Waals surface area (Å²) in [7, 11) is 0. The van der Waals surface area contributed by atoms with Crippen LogP contribution in [0.15, 0.2) is 65.4 Å². The molecule has 0 bridgehead atoms. The topological polar surface area (TPSA) is 133 Å². The van der Waals surface area contributed by atoms with Gasteiger partial charge in [0.05, 0.1) is 34.4 Å². The summed E-state index contributed by atoms with van der Waals surface area (Å²) in [5.74, 6) is -0.685. The van der Waals surface area contributed by atoms with Crippen LogP contribution >= 0.6 is 0 Å². The van der Waals surface area contributed by atoms with Crippen molar-refractivity contribution in [3.63, 3.8) is 0 Å². The standard InChI is InChI=1S/C30H25N5O4.Li/c1-15-9-27(36)34-26-12-20(28-16(2)35-39-17(28)3)10-22(29(26)33-15)21-6-4-5-18-11-25(32-14-23(18)21)19-7-8-24(30(37)38)31-13-19;/h4-8,10-15,33H,9H2,1-3H3,(H,34,36)(H,37,38);/q;+1/p-1/t15-;/m1./s1. The van der Waals surface area contributed by atoms with Crippen LogP contribution in [0.5, 0.6) is 0 Å². The molecule has 1 atom stereocenters. The largest absolute Gasteiger partial charge is 1.00 e. The van der Waals surface area contributed by atoms with Gasteiger partial charge in [0, 0.05) is 46.9 Å². The number of aryl methyl sites for hydroxylation is 2. The number of nitrogens with one attached hydrogen (secondary N) is 2. The summed E-state index contributed by atoms with van der Waals surface area (Å²) in [5.41, 5.74) is 7.15. The van der Waals surface area contributed by atoms with E-state index < -0.39 is 5.97 Å². The van der Waals surface area contributed by atoms with E-state index in [9.17, 15) is 14.7 Å². The molecule has 1 aliphatic heterocycles. The van der Waals surface area contributed by atoms with E-state index in [1.54, 1.807) is 12.3 Å². The van der Waals surface area contributed by atoms with Crippen molar-refractivity contribution < 1.29 is 38.1 Å². The third-order valence-electron chi connectivity index (χ3n) is 6.94. The Bertz CT molecular complexity index is 1760. The van der Waals surface area contributed by atoms with Crippen molar-refractivity contribution in [1.29, 1.82) is 0 Å². The molecule has 40 heavy (non-hydrogen) atoms. The van der Waals surface area contributed by atoms with E-state index in [4.69, 9.17) is 4.52 Å². The number of aromatic carboxylic acids is 1. The van der Waals surface area contributed by atoms with Gasteiger partial charge in [0.15, 0.2) is 0 Å². The number of anilines is 2. The van der Waals surface area contributed by atoms with E-state index >= 15 is 0 Å². The van der Waals surface area contributed by atoms with E-state index in [1.807, 2.05) is 51.1 Å². The zero-order chi connectivity index (χ0) is 27.3. The first-order chi connectivity index (χ1) is 18.8. The number of pyridine rings is 2. The van der Waals surface area contributed by atoms with Crippen LogP contribution in [0, 0.1) is 13.8 Å². The summed E-state index contributed by atoms with van der Waals surface area (Å²) in [6.07, 6.45) is 3.63. The number of carbonyl (C=O) groups is 2. The zero-order valence-corrected chi connectivity index (χ0v) is 22.5. The fourth-order valence-electron chi connectivity index (χ4n) is 5.16. The molecule has 1 amide bonds. The van der Waals surface area contributed by atoms with Crippen LogP contribution in [-0.4, -0.2) is 33.0 Å². The molecule has 0 spiro atoms. The van der Waals surface area contributed by atoms with Gasteiger partial charge in [0.1, 0.15) is 5.76 Å². The van der Waals surface area contributed by atoms with Gasteiger partial charge in [-0.1, -0.05) is 23.4 Å². The van der Waals surface area contributed by atoms with E-state index in [-0.39, 0.29) is 36.5 Å². The average Bonchev–Trinajstić information content (AvgIpc) is 3.17. The number of carboxylic acids is 1. The number of hydrogen-bond acceptors (Lipinski definition) is 8. The summed E-state index contributed by atoms with van der Waals surface area (Å²) in [6, 6.07) is 15.0. The predicted molar refractivity (Wildman–Crippen MR) is 146 cm³/mol. The second kappa shape index (κ2) is 10.6. The molecule has 6 rings (SSSR count). The molecule has 4 heterocycles. The van der Waals surface area contributed by atoms with Crippen molar-refractivity contribution in [2.75, 3.05) is 10.6 Å². The van der Waals surface area contributed by atoms with Crippen LogP contribution in [-0.2, 0) is 4.79 Å². The van der Waals surface area contributed by atoms with Crippen molar-refractivity contribution in [1.82, 2.24) is 15.1 Å². The number of nitrogens with zero attached hydrogens (tertiary/aromatic N) is 3. The van der Waals surface area contributed by atoms with E-state index in [1.165, 1.54) is 12.3 Å². The molecule has 0 aliphatic carbocycles. The smallest absolute Gasteiger partial charge is 0.543 e. The monoisotopic (exact) mass is 525 g/mol. The second-order valence-electron chi connectivity index (χ2n) is 9.76. The van der Waals surface area contributed by atoms with Gasteiger partial charge in [-0.15, -0.1) is 0 Å². The number of amides is 1. The first-order valence-corrected chi connectivity index (χ1v) is 12.5. The molecule has 0 radical (unpaired) electrons. The maximum absolute atomic E-state index is 12.6. The Morgan fingerprint density at radius 3 is 2.55 bits per heavy atom. The normalized spacial score (nSPS) is 14.5. The first kappa shape index (κ1) is 27.1. The fraction of sp³-hybridized carbons (Fsp3) is 0.167. The molecule has 0 unspecified atom stereocenters. The molecule has 0 fully saturated rings. The molecule has 194 valence electrons. The summed E-state index contributed by atoms with van der Waals surface area (Å²) in [5, 5.41) is 23.7. The van der Waals surface area contributed by atoms with Crippen LogP contribution in [0.1, 0.15) is 35.3 Å². The minimum atomic E-state index is -1.32. The maximum atomic E-state index is 12.6. The second-order valence-corrected chi connectivity index (χ2v) is 9.76. The van der Waals surface area contributed by atoms with Crippen molar-refractivity contribution in [2.24, 2.45) is 0 Å². The summed E-state index contributed by atoms with van der Waals surface area (Å²) in [6.45, 7) is 5.75. The Balaban J connectivity index is 0.00000323. The Hall–Kier alpha value is -4.45. The average molecular weight is 525 g/mol. The van der Waals surface area contributed by atoms with Gasteiger partial charge in [-0.2, -0.15) is 0 Å². The minimum Gasteiger partial charge on any atom is -0.543 e. The third kappa shape index (κ3) is 4.86. The van der Waals surface area contributed by atoms with Crippen LogP contribution < -0.4 is 34.6 Å². The molecule has 0 saturated carbocycles. The Morgan fingerprint density at radius 1 is 1.02 bits per heavy atom. The maximum Gasteiger partial charge on any atom is 1.00 e. The molecule has 2 aromatic carbocycles. The number of benzene rings is 2. The van der Waals surface area contributed by atoms with Gasteiger partial charge >= 0.3 is 18.9 Å². The van der Waals surface area contributed by atoms with Crippen molar-refractivity contribution in [3.05, 3.63) is 78.1 Å². The number of carboxylic acid groups (broad SMARTS) is 1. The van der Waals surface area contributed by atoms with Gasteiger partial charge < -0.3 is 25.1 Å². The van der Waals surface area contributed by atoms with Crippen LogP contribution in [0.25, 0.3) is 44.3 Å². The Morgan fingerprint density at radius 2 is 1.85 bits per heavy atom.